The third kappa shape index (κ3) is 2.27. The second-order valence-corrected chi connectivity index (χ2v) is 3.82. The molecule has 1 aromatic heterocycles. The van der Waals surface area contributed by atoms with E-state index in [2.05, 4.69) is 18.5 Å². The summed E-state index contributed by atoms with van der Waals surface area (Å²) in [6.45, 7) is 5.76. The van der Waals surface area contributed by atoms with Gasteiger partial charge in [0.1, 0.15) is 5.03 Å². The number of hydrogen-bond donors (Lipinski definition) is 1. The summed E-state index contributed by atoms with van der Waals surface area (Å²) in [5, 5.41) is 1.23. The van der Waals surface area contributed by atoms with Gasteiger partial charge >= 0.3 is 0 Å². The van der Waals surface area contributed by atoms with Crippen LogP contribution in [-0.2, 0) is 0 Å². The predicted molar refractivity (Wildman–Crippen MR) is 54.2 cm³/mol. The zero-order valence-electron chi connectivity index (χ0n) is 7.03. The molecule has 12 heavy (non-hydrogen) atoms. The molecule has 0 saturated heterocycles. The van der Waals surface area contributed by atoms with Gasteiger partial charge in [0, 0.05) is 11.4 Å². The number of nitrogen functional groups attached to an aromatic ring is 1. The summed E-state index contributed by atoms with van der Waals surface area (Å²) in [6.07, 6.45) is 3.62. The molecule has 64 valence electrons. The van der Waals surface area contributed by atoms with E-state index >= 15 is 0 Å². The summed E-state index contributed by atoms with van der Waals surface area (Å²) in [4.78, 5) is 4.16. The van der Waals surface area contributed by atoms with Crippen molar-refractivity contribution in [3.8, 4) is 0 Å². The Morgan fingerprint density at radius 1 is 1.75 bits per heavy atom. The first-order valence-electron chi connectivity index (χ1n) is 3.73. The lowest BCUT2D eigenvalue weighted by Crippen LogP contribution is -1.95. The van der Waals surface area contributed by atoms with Crippen LogP contribution in [0.1, 0.15) is 6.92 Å². The maximum atomic E-state index is 5.71. The maximum Gasteiger partial charge on any atom is 0.119 e. The molecule has 0 bridgehead atoms. The Kier molecular flexibility index (Phi) is 3.17. The fourth-order valence-corrected chi connectivity index (χ4v) is 1.50. The van der Waals surface area contributed by atoms with Gasteiger partial charge in [-0.1, -0.05) is 17.8 Å². The quantitative estimate of drug-likeness (QED) is 0.573. The largest absolute Gasteiger partial charge is 0.397 e. The predicted octanol–water partition coefficient (Wildman–Crippen LogP) is 2.33. The monoisotopic (exact) mass is 180 g/mol. The number of rotatable bonds is 3. The molecule has 1 unspecified atom stereocenters. The van der Waals surface area contributed by atoms with Crippen LogP contribution in [0, 0.1) is 0 Å². The van der Waals surface area contributed by atoms with E-state index in [0.29, 0.717) is 5.25 Å². The highest BCUT2D eigenvalue weighted by molar-refractivity contribution is 8.00. The number of thioether (sulfide) groups is 1. The van der Waals surface area contributed by atoms with Crippen molar-refractivity contribution in [2.24, 2.45) is 0 Å². The van der Waals surface area contributed by atoms with Crippen LogP contribution in [0.15, 0.2) is 36.0 Å². The minimum atomic E-state index is 0.349. The molecule has 2 N–H and O–H groups in total. The van der Waals surface area contributed by atoms with Gasteiger partial charge in [-0.05, 0) is 19.1 Å². The Balaban J connectivity index is 2.75. The van der Waals surface area contributed by atoms with Crippen LogP contribution in [-0.4, -0.2) is 10.2 Å². The first-order chi connectivity index (χ1) is 5.74. The van der Waals surface area contributed by atoms with Gasteiger partial charge in [-0.3, -0.25) is 0 Å². The molecule has 2 nitrogen and oxygen atoms in total. The molecule has 0 aliphatic carbocycles. The summed E-state index contributed by atoms with van der Waals surface area (Å²) < 4.78 is 0. The van der Waals surface area contributed by atoms with Crippen molar-refractivity contribution < 1.29 is 0 Å². The molecular weight excluding hydrogens is 168 g/mol. The maximum absolute atomic E-state index is 5.71. The van der Waals surface area contributed by atoms with E-state index in [4.69, 9.17) is 5.73 Å². The second-order valence-electron chi connectivity index (χ2n) is 2.46. The summed E-state index contributed by atoms with van der Waals surface area (Å²) in [6, 6.07) is 3.68. The van der Waals surface area contributed by atoms with Gasteiger partial charge in [0.2, 0.25) is 0 Å². The van der Waals surface area contributed by atoms with Gasteiger partial charge in [0.15, 0.2) is 0 Å². The van der Waals surface area contributed by atoms with Crippen LogP contribution >= 0.6 is 11.8 Å². The lowest BCUT2D eigenvalue weighted by atomic mass is 10.4. The van der Waals surface area contributed by atoms with Gasteiger partial charge in [0.25, 0.3) is 0 Å². The van der Waals surface area contributed by atoms with Crippen LogP contribution in [0.3, 0.4) is 0 Å². The topological polar surface area (TPSA) is 38.9 Å². The molecule has 0 amide bonds. The number of nitrogens with two attached hydrogens (primary N) is 1. The summed E-state index contributed by atoms with van der Waals surface area (Å²) in [5.74, 6) is 0. The van der Waals surface area contributed by atoms with E-state index in [1.807, 2.05) is 18.2 Å². The Hall–Kier alpha value is -0.960. The smallest absolute Gasteiger partial charge is 0.119 e. The first kappa shape index (κ1) is 9.13. The molecule has 1 aromatic rings. The van der Waals surface area contributed by atoms with Crippen molar-refractivity contribution >= 4 is 17.4 Å². The number of nitrogens with zero attached hydrogens (tertiary/aromatic N) is 1. The Morgan fingerprint density at radius 3 is 3.08 bits per heavy atom. The van der Waals surface area contributed by atoms with Gasteiger partial charge in [-0.15, -0.1) is 6.58 Å². The average Bonchev–Trinajstić information content (AvgIpc) is 2.09. The standard InChI is InChI=1S/C9H12N2S/c1-3-7(2)12-9-8(10)5-4-6-11-9/h3-7H,1,10H2,2H3. The van der Waals surface area contributed by atoms with Crippen LogP contribution in [0.2, 0.25) is 0 Å². The van der Waals surface area contributed by atoms with E-state index in [1.54, 1.807) is 18.0 Å². The normalized spacial score (nSPS) is 12.4. The van der Waals surface area contributed by atoms with Crippen LogP contribution in [0.4, 0.5) is 5.69 Å². The summed E-state index contributed by atoms with van der Waals surface area (Å²) in [5.41, 5.74) is 6.44. The van der Waals surface area contributed by atoms with Crippen LogP contribution in [0.25, 0.3) is 0 Å². The highest BCUT2D eigenvalue weighted by atomic mass is 32.2. The minimum Gasteiger partial charge on any atom is -0.397 e. The molecule has 0 saturated carbocycles. The second kappa shape index (κ2) is 4.16. The molecular formula is C9H12N2S. The Labute approximate surface area is 76.9 Å². The molecule has 1 atom stereocenters. The van der Waals surface area contributed by atoms with Crippen LogP contribution in [0.5, 0.6) is 0 Å². The van der Waals surface area contributed by atoms with E-state index in [1.165, 1.54) is 0 Å². The van der Waals surface area contributed by atoms with E-state index < -0.39 is 0 Å². The molecule has 0 spiro atoms. The number of aromatic nitrogens is 1. The third-order valence-corrected chi connectivity index (χ3v) is 2.56. The molecule has 0 aromatic carbocycles. The van der Waals surface area contributed by atoms with Crippen molar-refractivity contribution in [2.75, 3.05) is 5.73 Å². The van der Waals surface area contributed by atoms with Crippen LogP contribution < -0.4 is 5.73 Å². The lowest BCUT2D eigenvalue weighted by molar-refractivity contribution is 1.12. The fourth-order valence-electron chi connectivity index (χ4n) is 0.726. The Morgan fingerprint density at radius 2 is 2.50 bits per heavy atom. The highest BCUT2D eigenvalue weighted by Gasteiger charge is 2.03. The molecule has 1 heterocycles. The average molecular weight is 180 g/mol. The molecule has 0 aliphatic heterocycles. The van der Waals surface area contributed by atoms with Gasteiger partial charge in [-0.25, -0.2) is 4.98 Å². The zero-order valence-corrected chi connectivity index (χ0v) is 7.84. The van der Waals surface area contributed by atoms with E-state index in [9.17, 15) is 0 Å². The van der Waals surface area contributed by atoms with Crippen molar-refractivity contribution in [3.05, 3.63) is 31.0 Å². The van der Waals surface area contributed by atoms with Crippen molar-refractivity contribution in [1.29, 1.82) is 0 Å². The first-order valence-corrected chi connectivity index (χ1v) is 4.61. The summed E-state index contributed by atoms with van der Waals surface area (Å²) >= 11 is 1.62. The minimum absolute atomic E-state index is 0.349. The fraction of sp³-hybridized carbons (Fsp3) is 0.222. The zero-order chi connectivity index (χ0) is 8.97. The third-order valence-electron chi connectivity index (χ3n) is 1.43. The van der Waals surface area contributed by atoms with Crippen molar-refractivity contribution in [3.63, 3.8) is 0 Å². The van der Waals surface area contributed by atoms with Crippen molar-refractivity contribution in [1.82, 2.24) is 4.98 Å². The number of pyridine rings is 1. The molecule has 3 heteroatoms. The lowest BCUT2D eigenvalue weighted by Gasteiger charge is -2.06. The Bertz CT molecular complexity index is 273. The summed E-state index contributed by atoms with van der Waals surface area (Å²) in [7, 11) is 0. The van der Waals surface area contributed by atoms with E-state index in [0.717, 1.165) is 10.7 Å². The SMILES string of the molecule is C=CC(C)Sc1ncccc1N. The molecule has 0 radical (unpaired) electrons. The van der Waals surface area contributed by atoms with Gasteiger partial charge in [-0.2, -0.15) is 0 Å². The highest BCUT2D eigenvalue weighted by Crippen LogP contribution is 2.25. The number of anilines is 1. The van der Waals surface area contributed by atoms with Crippen molar-refractivity contribution in [2.45, 2.75) is 17.2 Å². The molecule has 1 rings (SSSR count). The van der Waals surface area contributed by atoms with E-state index in [-0.39, 0.29) is 0 Å². The molecule has 0 aliphatic rings. The molecule has 0 fully saturated rings. The van der Waals surface area contributed by atoms with Gasteiger partial charge < -0.3 is 5.73 Å². The van der Waals surface area contributed by atoms with Gasteiger partial charge in [0.05, 0.1) is 5.69 Å². The number of hydrogen-bond acceptors (Lipinski definition) is 3.